The first-order valence-electron chi connectivity index (χ1n) is 8.81. The molecule has 3 aromatic rings. The van der Waals surface area contributed by atoms with Crippen LogP contribution in [0.2, 0.25) is 0 Å². The third-order valence-electron chi connectivity index (χ3n) is 4.83. The number of benzene rings is 1. The summed E-state index contributed by atoms with van der Waals surface area (Å²) in [6.07, 6.45) is 3.29. The summed E-state index contributed by atoms with van der Waals surface area (Å²) in [5, 5.41) is 13.2. The summed E-state index contributed by atoms with van der Waals surface area (Å²) in [4.78, 5) is 30.8. The lowest BCUT2D eigenvalue weighted by Gasteiger charge is -2.41. The van der Waals surface area contributed by atoms with Crippen LogP contribution >= 0.6 is 0 Å². The highest BCUT2D eigenvalue weighted by molar-refractivity contribution is 5.96. The van der Waals surface area contributed by atoms with Gasteiger partial charge in [-0.05, 0) is 25.5 Å². The smallest absolute Gasteiger partial charge is 0.278 e. The Morgan fingerprint density at radius 3 is 2.70 bits per heavy atom. The number of pyridine rings is 2. The Hall–Kier alpha value is -3.35. The second-order valence-corrected chi connectivity index (χ2v) is 6.89. The van der Waals surface area contributed by atoms with Crippen LogP contribution in [0.5, 0.6) is 5.75 Å². The first-order valence-corrected chi connectivity index (χ1v) is 8.81. The quantitative estimate of drug-likeness (QED) is 0.770. The van der Waals surface area contributed by atoms with Gasteiger partial charge in [0.15, 0.2) is 11.4 Å². The fourth-order valence-electron chi connectivity index (χ4n) is 3.41. The minimum atomic E-state index is -0.563. The van der Waals surface area contributed by atoms with Crippen molar-refractivity contribution in [1.29, 1.82) is 0 Å². The van der Waals surface area contributed by atoms with Crippen LogP contribution in [0, 0.1) is 0 Å². The Bertz CT molecular complexity index is 1080. The van der Waals surface area contributed by atoms with E-state index in [-0.39, 0.29) is 17.6 Å². The molecule has 3 heterocycles. The molecule has 0 radical (unpaired) electrons. The highest BCUT2D eigenvalue weighted by Gasteiger charge is 2.33. The van der Waals surface area contributed by atoms with Crippen molar-refractivity contribution in [3.8, 4) is 5.75 Å². The van der Waals surface area contributed by atoms with E-state index in [1.54, 1.807) is 15.8 Å². The largest absolute Gasteiger partial charge is 0.502 e. The monoisotopic (exact) mass is 364 g/mol. The minimum absolute atomic E-state index is 0.00403. The molecule has 1 aliphatic rings. The first-order chi connectivity index (χ1) is 13.0. The molecule has 0 aliphatic carbocycles. The zero-order valence-electron chi connectivity index (χ0n) is 15.2. The van der Waals surface area contributed by atoms with Gasteiger partial charge in [-0.15, -0.1) is 0 Å². The average molecular weight is 364 g/mol. The predicted molar refractivity (Wildman–Crippen MR) is 102 cm³/mol. The van der Waals surface area contributed by atoms with Crippen LogP contribution in [0.4, 0.5) is 0 Å². The van der Waals surface area contributed by atoms with Gasteiger partial charge in [0.05, 0.1) is 12.1 Å². The van der Waals surface area contributed by atoms with Crippen molar-refractivity contribution < 1.29 is 9.90 Å². The average Bonchev–Trinajstić information content (AvgIpc) is 2.66. The van der Waals surface area contributed by atoms with Gasteiger partial charge in [-0.2, -0.15) is 0 Å². The van der Waals surface area contributed by atoms with Crippen LogP contribution in [0.1, 0.15) is 29.9 Å². The van der Waals surface area contributed by atoms with Crippen molar-refractivity contribution in [2.24, 2.45) is 0 Å². The zero-order valence-corrected chi connectivity index (χ0v) is 15.2. The van der Waals surface area contributed by atoms with Gasteiger partial charge in [0.2, 0.25) is 5.43 Å². The van der Waals surface area contributed by atoms with E-state index in [4.69, 9.17) is 0 Å². The maximum Gasteiger partial charge on any atom is 0.278 e. The third-order valence-corrected chi connectivity index (χ3v) is 4.83. The number of amides is 1. The Labute approximate surface area is 156 Å². The van der Waals surface area contributed by atoms with E-state index in [0.717, 1.165) is 16.5 Å². The van der Waals surface area contributed by atoms with Crippen LogP contribution in [0.25, 0.3) is 10.9 Å². The molecule has 0 saturated heterocycles. The van der Waals surface area contributed by atoms with Gasteiger partial charge >= 0.3 is 0 Å². The Morgan fingerprint density at radius 2 is 1.93 bits per heavy atom. The number of aromatic nitrogens is 2. The SMILES string of the molecule is CC(C)N1CN(Cc2cccc3cccnc23)n2ccc(=O)c(O)c2C1=O. The molecule has 1 aliphatic heterocycles. The van der Waals surface area contributed by atoms with E-state index in [1.807, 2.05) is 49.2 Å². The van der Waals surface area contributed by atoms with Crippen molar-refractivity contribution in [3.63, 3.8) is 0 Å². The fourth-order valence-corrected chi connectivity index (χ4v) is 3.41. The highest BCUT2D eigenvalue weighted by atomic mass is 16.3. The van der Waals surface area contributed by atoms with Gasteiger partial charge in [0, 0.05) is 29.9 Å². The van der Waals surface area contributed by atoms with Crippen molar-refractivity contribution in [2.75, 3.05) is 11.7 Å². The first kappa shape index (κ1) is 17.1. The minimum Gasteiger partial charge on any atom is -0.502 e. The van der Waals surface area contributed by atoms with E-state index in [1.165, 1.54) is 12.3 Å². The summed E-state index contributed by atoms with van der Waals surface area (Å²) in [6, 6.07) is 11.1. The summed E-state index contributed by atoms with van der Waals surface area (Å²) in [5.74, 6) is -0.874. The van der Waals surface area contributed by atoms with Crippen LogP contribution in [-0.4, -0.2) is 38.3 Å². The number of hydrogen-bond donors (Lipinski definition) is 1. The maximum atomic E-state index is 12.8. The highest BCUT2D eigenvalue weighted by Crippen LogP contribution is 2.24. The molecule has 1 aromatic carbocycles. The summed E-state index contributed by atoms with van der Waals surface area (Å²) >= 11 is 0. The number of hydrogen-bond acceptors (Lipinski definition) is 5. The summed E-state index contributed by atoms with van der Waals surface area (Å²) in [5.41, 5.74) is 1.32. The molecule has 4 rings (SSSR count). The number of para-hydroxylation sites is 1. The number of aromatic hydroxyl groups is 1. The molecule has 27 heavy (non-hydrogen) atoms. The molecule has 0 unspecified atom stereocenters. The van der Waals surface area contributed by atoms with Crippen LogP contribution in [0.15, 0.2) is 53.6 Å². The lowest BCUT2D eigenvalue weighted by Crippen LogP contribution is -2.55. The zero-order chi connectivity index (χ0) is 19.1. The lowest BCUT2D eigenvalue weighted by molar-refractivity contribution is 0.0628. The fraction of sp³-hybridized carbons (Fsp3) is 0.250. The molecule has 0 spiro atoms. The molecule has 1 N–H and O–H groups in total. The Balaban J connectivity index is 1.83. The van der Waals surface area contributed by atoms with Gasteiger partial charge in [0.25, 0.3) is 5.91 Å². The van der Waals surface area contributed by atoms with Crippen LogP contribution in [-0.2, 0) is 6.54 Å². The molecular weight excluding hydrogens is 344 g/mol. The van der Waals surface area contributed by atoms with Gasteiger partial charge in [-0.1, -0.05) is 24.3 Å². The molecule has 2 aromatic heterocycles. The van der Waals surface area contributed by atoms with E-state index < -0.39 is 11.2 Å². The predicted octanol–water partition coefficient (Wildman–Crippen LogP) is 2.06. The summed E-state index contributed by atoms with van der Waals surface area (Å²) in [6.45, 7) is 4.63. The van der Waals surface area contributed by atoms with Crippen molar-refractivity contribution in [1.82, 2.24) is 14.6 Å². The molecule has 0 bridgehead atoms. The van der Waals surface area contributed by atoms with E-state index in [2.05, 4.69) is 4.98 Å². The van der Waals surface area contributed by atoms with Gasteiger partial charge in [-0.25, -0.2) is 0 Å². The second kappa shape index (κ2) is 6.42. The molecule has 0 fully saturated rings. The standard InChI is InChI=1S/C20H20N4O3/c1-13(2)23-12-22(24-10-8-16(25)19(26)18(24)20(23)27)11-15-6-3-5-14-7-4-9-21-17(14)15/h3-10,13,26H,11-12H2,1-2H3. The van der Waals surface area contributed by atoms with E-state index in [9.17, 15) is 14.7 Å². The molecule has 7 heteroatoms. The Kier molecular flexibility index (Phi) is 4.07. The number of rotatable bonds is 3. The normalized spacial score (nSPS) is 14.1. The lowest BCUT2D eigenvalue weighted by atomic mass is 10.1. The molecule has 138 valence electrons. The number of carbonyl (C=O) groups excluding carboxylic acids is 1. The topological polar surface area (TPSA) is 78.7 Å². The van der Waals surface area contributed by atoms with E-state index in [0.29, 0.717) is 13.2 Å². The third kappa shape index (κ3) is 2.81. The van der Waals surface area contributed by atoms with Crippen LogP contribution < -0.4 is 10.4 Å². The molecule has 7 nitrogen and oxygen atoms in total. The molecule has 0 saturated carbocycles. The van der Waals surface area contributed by atoms with Crippen molar-refractivity contribution in [3.05, 3.63) is 70.3 Å². The summed E-state index contributed by atoms with van der Waals surface area (Å²) in [7, 11) is 0. The van der Waals surface area contributed by atoms with Gasteiger partial charge < -0.3 is 10.0 Å². The van der Waals surface area contributed by atoms with Crippen molar-refractivity contribution in [2.45, 2.75) is 26.4 Å². The Morgan fingerprint density at radius 1 is 1.15 bits per heavy atom. The van der Waals surface area contributed by atoms with Crippen molar-refractivity contribution >= 4 is 16.8 Å². The van der Waals surface area contributed by atoms with Crippen LogP contribution in [0.3, 0.4) is 0 Å². The number of fused-ring (bicyclic) bond motifs is 2. The van der Waals surface area contributed by atoms with Gasteiger partial charge in [0.1, 0.15) is 6.67 Å². The molecular formula is C20H20N4O3. The van der Waals surface area contributed by atoms with Gasteiger partial charge in [-0.3, -0.25) is 24.3 Å². The molecule has 0 atom stereocenters. The number of nitrogens with zero attached hydrogens (tertiary/aromatic N) is 4. The molecule has 1 amide bonds. The maximum absolute atomic E-state index is 12.8. The second-order valence-electron chi connectivity index (χ2n) is 6.89. The van der Waals surface area contributed by atoms with E-state index >= 15 is 0 Å². The summed E-state index contributed by atoms with van der Waals surface area (Å²) < 4.78 is 1.57. The number of carbonyl (C=O) groups is 1.